The van der Waals surface area contributed by atoms with Gasteiger partial charge in [-0.25, -0.2) is 0 Å². The number of hydrogen-bond donors (Lipinski definition) is 0. The maximum Gasteiger partial charge on any atom is 0.253 e. The van der Waals surface area contributed by atoms with E-state index in [2.05, 4.69) is 4.99 Å². The summed E-state index contributed by atoms with van der Waals surface area (Å²) in [5.41, 5.74) is 4.84. The van der Waals surface area contributed by atoms with Crippen LogP contribution in [0, 0.1) is 5.92 Å². The van der Waals surface area contributed by atoms with Crippen LogP contribution in [0.15, 0.2) is 40.4 Å². The molecule has 3 aliphatic rings. The van der Waals surface area contributed by atoms with Gasteiger partial charge in [-0.2, -0.15) is 0 Å². The molecule has 176 valence electrons. The van der Waals surface area contributed by atoms with Gasteiger partial charge in [0.05, 0.1) is 5.92 Å². The Morgan fingerprint density at radius 2 is 1.85 bits per heavy atom. The third kappa shape index (κ3) is 5.10. The number of aliphatic imine (C=N–C) groups is 1. The highest BCUT2D eigenvalue weighted by Gasteiger charge is 2.31. The highest BCUT2D eigenvalue weighted by molar-refractivity contribution is 6.14. The van der Waals surface area contributed by atoms with Crippen molar-refractivity contribution in [3.05, 3.63) is 46.5 Å². The zero-order chi connectivity index (χ0) is 23.4. The molecule has 1 atom stereocenters. The third-order valence-corrected chi connectivity index (χ3v) is 7.24. The van der Waals surface area contributed by atoms with E-state index in [1.807, 2.05) is 47.9 Å². The number of dihydropyridines is 1. The van der Waals surface area contributed by atoms with Gasteiger partial charge in [-0.05, 0) is 75.6 Å². The summed E-state index contributed by atoms with van der Waals surface area (Å²) in [6.45, 7) is 6.84. The fourth-order valence-electron chi connectivity index (χ4n) is 5.40. The molecule has 0 N–H and O–H groups in total. The van der Waals surface area contributed by atoms with Crippen molar-refractivity contribution in [2.24, 2.45) is 10.9 Å². The summed E-state index contributed by atoms with van der Waals surface area (Å²) in [4.78, 5) is 46.7. The minimum absolute atomic E-state index is 0.00720. The van der Waals surface area contributed by atoms with Gasteiger partial charge in [-0.15, -0.1) is 0 Å². The van der Waals surface area contributed by atoms with Crippen LogP contribution < -0.4 is 0 Å². The van der Waals surface area contributed by atoms with Crippen LogP contribution in [-0.2, 0) is 16.0 Å². The fraction of sp³-hybridized carbons (Fsp3) is 0.556. The molecule has 33 heavy (non-hydrogen) atoms. The summed E-state index contributed by atoms with van der Waals surface area (Å²) in [6.07, 6.45) is 6.32. The molecular formula is C27H35N3O3. The number of amides is 2. The fourth-order valence-corrected chi connectivity index (χ4v) is 5.40. The lowest BCUT2D eigenvalue weighted by Gasteiger charge is -2.34. The number of carbonyl (C=O) groups is 3. The Bertz CT molecular complexity index is 990. The molecule has 0 spiro atoms. The van der Waals surface area contributed by atoms with Crippen LogP contribution in [0.25, 0.3) is 0 Å². The molecule has 0 radical (unpaired) electrons. The number of allylic oxidation sites excluding steroid dienone is 1. The quantitative estimate of drug-likeness (QED) is 0.662. The first-order valence-corrected chi connectivity index (χ1v) is 12.5. The van der Waals surface area contributed by atoms with Crippen LogP contribution in [-0.4, -0.2) is 65.8 Å². The summed E-state index contributed by atoms with van der Waals surface area (Å²) in [7, 11) is 0. The Labute approximate surface area is 196 Å². The molecule has 1 saturated heterocycles. The van der Waals surface area contributed by atoms with Crippen LogP contribution in [0.3, 0.4) is 0 Å². The van der Waals surface area contributed by atoms with Crippen molar-refractivity contribution in [1.82, 2.24) is 9.80 Å². The van der Waals surface area contributed by atoms with Crippen LogP contribution in [0.1, 0.15) is 68.3 Å². The minimum atomic E-state index is -0.114. The average molecular weight is 450 g/mol. The largest absolute Gasteiger partial charge is 0.343 e. The lowest BCUT2D eigenvalue weighted by molar-refractivity contribution is -0.136. The van der Waals surface area contributed by atoms with Gasteiger partial charge in [-0.1, -0.05) is 12.1 Å². The number of piperidine rings is 1. The molecule has 1 fully saturated rings. The van der Waals surface area contributed by atoms with Gasteiger partial charge in [0.2, 0.25) is 5.91 Å². The number of Topliss-reactive ketones (excluding diaryl/α,β-unsaturated/α-hetero) is 1. The first kappa shape index (κ1) is 23.4. The Kier molecular flexibility index (Phi) is 7.41. The van der Waals surface area contributed by atoms with E-state index in [1.54, 1.807) is 0 Å². The van der Waals surface area contributed by atoms with Gasteiger partial charge in [-0.3, -0.25) is 19.4 Å². The van der Waals surface area contributed by atoms with Gasteiger partial charge in [0.1, 0.15) is 6.54 Å². The second-order valence-corrected chi connectivity index (χ2v) is 9.33. The Balaban J connectivity index is 1.46. The van der Waals surface area contributed by atoms with Gasteiger partial charge >= 0.3 is 0 Å². The molecule has 2 aliphatic heterocycles. The van der Waals surface area contributed by atoms with Crippen molar-refractivity contribution in [3.8, 4) is 0 Å². The van der Waals surface area contributed by atoms with Crippen molar-refractivity contribution >= 4 is 23.3 Å². The van der Waals surface area contributed by atoms with E-state index in [0.29, 0.717) is 38.2 Å². The van der Waals surface area contributed by atoms with E-state index in [1.165, 1.54) is 0 Å². The van der Waals surface area contributed by atoms with Gasteiger partial charge in [0.25, 0.3) is 5.91 Å². The second-order valence-electron chi connectivity index (χ2n) is 9.33. The van der Waals surface area contributed by atoms with E-state index in [9.17, 15) is 14.4 Å². The van der Waals surface area contributed by atoms with Crippen molar-refractivity contribution < 1.29 is 14.4 Å². The molecule has 6 nitrogen and oxygen atoms in total. The summed E-state index contributed by atoms with van der Waals surface area (Å²) in [6, 6.07) is 7.77. The molecule has 1 aromatic carbocycles. The number of ketones is 1. The highest BCUT2D eigenvalue weighted by Crippen LogP contribution is 2.30. The zero-order valence-corrected chi connectivity index (χ0v) is 19.9. The smallest absolute Gasteiger partial charge is 0.253 e. The predicted molar refractivity (Wildman–Crippen MR) is 130 cm³/mol. The topological polar surface area (TPSA) is 70.1 Å². The Morgan fingerprint density at radius 1 is 1.09 bits per heavy atom. The van der Waals surface area contributed by atoms with Gasteiger partial charge < -0.3 is 9.80 Å². The minimum Gasteiger partial charge on any atom is -0.343 e. The summed E-state index contributed by atoms with van der Waals surface area (Å²) in [5.74, 6) is 0.216. The number of likely N-dealkylation sites (tertiary alicyclic amines) is 1. The van der Waals surface area contributed by atoms with Crippen LogP contribution in [0.2, 0.25) is 0 Å². The number of carbonyl (C=O) groups excluding carboxylic acids is 3. The number of nitrogens with zero attached hydrogens (tertiary/aromatic N) is 3. The van der Waals surface area contributed by atoms with Gasteiger partial charge in [0, 0.05) is 49.4 Å². The van der Waals surface area contributed by atoms with E-state index in [4.69, 9.17) is 0 Å². The highest BCUT2D eigenvalue weighted by atomic mass is 16.2. The lowest BCUT2D eigenvalue weighted by Crippen LogP contribution is -2.46. The standard InChI is InChI=1S/C27H35N3O3/c1-3-29(4-2)27(33)21-11-8-14-30(18-21)26(32)20-10-7-9-19(15-20)16-24-22-12-5-6-13-23(22)25(31)17-28-24/h7,9-10,15,21H,3-6,8,11-14,16-18H2,1-2H3. The van der Waals surface area contributed by atoms with E-state index < -0.39 is 0 Å². The predicted octanol–water partition coefficient (Wildman–Crippen LogP) is 3.84. The summed E-state index contributed by atoms with van der Waals surface area (Å²) >= 11 is 0. The molecule has 1 unspecified atom stereocenters. The van der Waals surface area contributed by atoms with Gasteiger partial charge in [0.15, 0.2) is 5.78 Å². The first-order chi connectivity index (χ1) is 16.0. The maximum absolute atomic E-state index is 13.3. The molecule has 0 bridgehead atoms. The molecule has 0 aromatic heterocycles. The maximum atomic E-state index is 13.3. The van der Waals surface area contributed by atoms with E-state index in [0.717, 1.165) is 60.9 Å². The Morgan fingerprint density at radius 3 is 2.61 bits per heavy atom. The first-order valence-electron chi connectivity index (χ1n) is 12.5. The molecule has 1 aromatic rings. The molecular weight excluding hydrogens is 414 g/mol. The monoisotopic (exact) mass is 449 g/mol. The van der Waals surface area contributed by atoms with E-state index >= 15 is 0 Å². The van der Waals surface area contributed by atoms with Crippen molar-refractivity contribution in [1.29, 1.82) is 0 Å². The molecule has 1 aliphatic carbocycles. The molecule has 4 rings (SSSR count). The molecule has 2 heterocycles. The lowest BCUT2D eigenvalue weighted by atomic mass is 9.83. The second kappa shape index (κ2) is 10.4. The average Bonchev–Trinajstić information content (AvgIpc) is 2.86. The normalized spacial score (nSPS) is 20.9. The number of hydrogen-bond acceptors (Lipinski definition) is 4. The summed E-state index contributed by atoms with van der Waals surface area (Å²) < 4.78 is 0. The van der Waals surface area contributed by atoms with Crippen LogP contribution in [0.5, 0.6) is 0 Å². The van der Waals surface area contributed by atoms with Crippen LogP contribution >= 0.6 is 0 Å². The van der Waals surface area contributed by atoms with Crippen molar-refractivity contribution in [3.63, 3.8) is 0 Å². The van der Waals surface area contributed by atoms with E-state index in [-0.39, 0.29) is 30.1 Å². The van der Waals surface area contributed by atoms with Crippen molar-refractivity contribution in [2.75, 3.05) is 32.7 Å². The van der Waals surface area contributed by atoms with Crippen LogP contribution in [0.4, 0.5) is 0 Å². The Hall–Kier alpha value is -2.76. The summed E-state index contributed by atoms with van der Waals surface area (Å²) in [5, 5.41) is 0. The number of rotatable bonds is 6. The molecule has 2 amide bonds. The molecule has 0 saturated carbocycles. The SMILES string of the molecule is CCN(CC)C(=O)C1CCCN(C(=O)c2cccc(CC3=NCC(=O)C4=C3CCCC4)c2)C1. The third-order valence-electron chi connectivity index (χ3n) is 7.24. The van der Waals surface area contributed by atoms with Crippen molar-refractivity contribution in [2.45, 2.75) is 58.8 Å². The molecule has 6 heteroatoms. The number of benzene rings is 1. The zero-order valence-electron chi connectivity index (χ0n) is 19.9.